The summed E-state index contributed by atoms with van der Waals surface area (Å²) in [6.45, 7) is 4.52. The largest absolute Gasteiger partial charge is 0.398 e. The van der Waals surface area contributed by atoms with Crippen molar-refractivity contribution in [3.05, 3.63) is 24.3 Å². The number of anilines is 1. The van der Waals surface area contributed by atoms with Crippen molar-refractivity contribution in [2.75, 3.05) is 11.1 Å². The van der Waals surface area contributed by atoms with Crippen LogP contribution >= 0.6 is 11.8 Å². The fourth-order valence-electron chi connectivity index (χ4n) is 2.77. The number of para-hydroxylation sites is 1. The lowest BCUT2D eigenvalue weighted by Gasteiger charge is -2.33. The Labute approximate surface area is 128 Å². The molecule has 118 valence electrons. The zero-order valence-electron chi connectivity index (χ0n) is 12.4. The number of thioether (sulfide) groups is 1. The molecule has 1 nitrogen and oxygen atoms in total. The summed E-state index contributed by atoms with van der Waals surface area (Å²) in [5.74, 6) is 0.549. The van der Waals surface area contributed by atoms with E-state index in [9.17, 15) is 13.2 Å². The first-order valence-electron chi connectivity index (χ1n) is 7.40. The lowest BCUT2D eigenvalue weighted by molar-refractivity contribution is -0.105. The van der Waals surface area contributed by atoms with Gasteiger partial charge in [-0.15, -0.1) is 11.8 Å². The van der Waals surface area contributed by atoms with Gasteiger partial charge in [-0.3, -0.25) is 0 Å². The highest BCUT2D eigenvalue weighted by Crippen LogP contribution is 2.35. The Morgan fingerprint density at radius 2 is 1.86 bits per heavy atom. The molecule has 0 spiro atoms. The van der Waals surface area contributed by atoms with Gasteiger partial charge in [-0.2, -0.15) is 13.2 Å². The van der Waals surface area contributed by atoms with Gasteiger partial charge < -0.3 is 5.32 Å². The molecular formula is C16H22F3NS. The van der Waals surface area contributed by atoms with Gasteiger partial charge in [-0.05, 0) is 43.2 Å². The van der Waals surface area contributed by atoms with E-state index in [-0.39, 0.29) is 0 Å². The van der Waals surface area contributed by atoms with Crippen LogP contribution in [0.4, 0.5) is 18.9 Å². The summed E-state index contributed by atoms with van der Waals surface area (Å²) in [5.41, 5.74) is 0.832. The van der Waals surface area contributed by atoms with Crippen molar-refractivity contribution in [1.82, 2.24) is 0 Å². The van der Waals surface area contributed by atoms with Crippen LogP contribution in [0.5, 0.6) is 0 Å². The predicted octanol–water partition coefficient (Wildman–Crippen LogP) is 5.58. The Morgan fingerprint density at radius 1 is 1.14 bits per heavy atom. The molecule has 1 fully saturated rings. The minimum Gasteiger partial charge on any atom is -0.381 e. The minimum absolute atomic E-state index is 0.365. The number of alkyl halides is 3. The van der Waals surface area contributed by atoms with E-state index in [4.69, 9.17) is 0 Å². The molecule has 1 aliphatic rings. The Morgan fingerprint density at radius 3 is 2.52 bits per heavy atom. The van der Waals surface area contributed by atoms with Gasteiger partial charge >= 0.3 is 6.18 Å². The summed E-state index contributed by atoms with van der Waals surface area (Å²) in [6.07, 6.45) is -0.785. The Bertz CT molecular complexity index is 461. The zero-order valence-corrected chi connectivity index (χ0v) is 13.2. The highest BCUT2D eigenvalue weighted by Gasteiger charge is 2.28. The molecule has 0 aromatic heterocycles. The molecule has 3 unspecified atom stereocenters. The third-order valence-electron chi connectivity index (χ3n) is 4.24. The van der Waals surface area contributed by atoms with Crippen LogP contribution in [0.15, 0.2) is 29.2 Å². The zero-order chi connectivity index (χ0) is 15.5. The fraction of sp³-hybridized carbons (Fsp3) is 0.625. The number of halogens is 3. The quantitative estimate of drug-likeness (QED) is 0.728. The first kappa shape index (κ1) is 16.5. The van der Waals surface area contributed by atoms with Crippen molar-refractivity contribution in [3.63, 3.8) is 0 Å². The first-order valence-corrected chi connectivity index (χ1v) is 8.39. The Balaban J connectivity index is 2.00. The molecule has 0 amide bonds. The smallest absolute Gasteiger partial charge is 0.381 e. The summed E-state index contributed by atoms with van der Waals surface area (Å²) in [4.78, 5) is 0.682. The fourth-order valence-corrected chi connectivity index (χ4v) is 3.55. The molecule has 3 atom stereocenters. The SMILES string of the molecule is CC1CCC(Nc2ccccc2SCC(F)(F)F)CC1C. The van der Waals surface area contributed by atoms with Crippen LogP contribution in [0, 0.1) is 11.8 Å². The minimum atomic E-state index is -4.13. The van der Waals surface area contributed by atoms with Crippen molar-refractivity contribution >= 4 is 17.4 Å². The third kappa shape index (κ3) is 5.13. The van der Waals surface area contributed by atoms with Crippen LogP contribution in [0.25, 0.3) is 0 Å². The summed E-state index contributed by atoms with van der Waals surface area (Å²) >= 11 is 0.856. The van der Waals surface area contributed by atoms with Crippen molar-refractivity contribution in [2.45, 2.75) is 50.2 Å². The Hall–Kier alpha value is -0.840. The lowest BCUT2D eigenvalue weighted by atomic mass is 9.79. The molecule has 1 aliphatic carbocycles. The number of benzene rings is 1. The van der Waals surface area contributed by atoms with Gasteiger partial charge in [0.15, 0.2) is 0 Å². The standard InChI is InChI=1S/C16H22F3NS/c1-11-7-8-13(9-12(11)2)20-14-5-3-4-6-15(14)21-10-16(17,18)19/h3-6,11-13,20H,7-10H2,1-2H3. The van der Waals surface area contributed by atoms with Crippen LogP contribution in [0.3, 0.4) is 0 Å². The van der Waals surface area contributed by atoms with Gasteiger partial charge in [-0.1, -0.05) is 26.0 Å². The van der Waals surface area contributed by atoms with E-state index in [0.29, 0.717) is 16.9 Å². The van der Waals surface area contributed by atoms with E-state index in [2.05, 4.69) is 19.2 Å². The average Bonchev–Trinajstić information content (AvgIpc) is 2.41. The first-order chi connectivity index (χ1) is 9.85. The molecule has 1 aromatic carbocycles. The second kappa shape index (κ2) is 6.95. The molecule has 21 heavy (non-hydrogen) atoms. The third-order valence-corrected chi connectivity index (χ3v) is 5.37. The van der Waals surface area contributed by atoms with Crippen LogP contribution in [-0.2, 0) is 0 Å². The molecule has 0 radical (unpaired) electrons. The van der Waals surface area contributed by atoms with E-state index < -0.39 is 11.9 Å². The van der Waals surface area contributed by atoms with Crippen molar-refractivity contribution in [1.29, 1.82) is 0 Å². The summed E-state index contributed by atoms with van der Waals surface area (Å²) in [6, 6.07) is 7.66. The Kier molecular flexibility index (Phi) is 5.47. The van der Waals surface area contributed by atoms with E-state index in [1.54, 1.807) is 12.1 Å². The molecule has 1 saturated carbocycles. The second-order valence-corrected chi connectivity index (χ2v) is 7.03. The molecule has 1 aromatic rings. The van der Waals surface area contributed by atoms with Crippen LogP contribution in [0.2, 0.25) is 0 Å². The maximum absolute atomic E-state index is 12.4. The average molecular weight is 317 g/mol. The van der Waals surface area contributed by atoms with E-state index in [1.807, 2.05) is 12.1 Å². The number of hydrogen-bond acceptors (Lipinski definition) is 2. The van der Waals surface area contributed by atoms with E-state index in [1.165, 1.54) is 6.42 Å². The van der Waals surface area contributed by atoms with Gasteiger partial charge in [0.2, 0.25) is 0 Å². The molecule has 0 bridgehead atoms. The molecule has 0 saturated heterocycles. The van der Waals surface area contributed by atoms with Crippen LogP contribution in [-0.4, -0.2) is 18.0 Å². The molecular weight excluding hydrogens is 295 g/mol. The number of nitrogens with one attached hydrogen (secondary N) is 1. The number of rotatable bonds is 4. The van der Waals surface area contributed by atoms with Gasteiger partial charge in [-0.25, -0.2) is 0 Å². The predicted molar refractivity (Wildman–Crippen MR) is 82.8 cm³/mol. The molecule has 5 heteroatoms. The van der Waals surface area contributed by atoms with Crippen molar-refractivity contribution < 1.29 is 13.2 Å². The molecule has 2 rings (SSSR count). The monoisotopic (exact) mass is 317 g/mol. The van der Waals surface area contributed by atoms with E-state index in [0.717, 1.165) is 36.2 Å². The van der Waals surface area contributed by atoms with Crippen molar-refractivity contribution in [3.8, 4) is 0 Å². The highest BCUT2D eigenvalue weighted by atomic mass is 32.2. The van der Waals surface area contributed by atoms with Gasteiger partial charge in [0.25, 0.3) is 0 Å². The molecule has 0 aliphatic heterocycles. The van der Waals surface area contributed by atoms with Crippen LogP contribution < -0.4 is 5.32 Å². The van der Waals surface area contributed by atoms with Gasteiger partial charge in [0.1, 0.15) is 0 Å². The lowest BCUT2D eigenvalue weighted by Crippen LogP contribution is -2.30. The summed E-state index contributed by atoms with van der Waals surface area (Å²) in [5, 5.41) is 3.45. The van der Waals surface area contributed by atoms with Crippen LogP contribution in [0.1, 0.15) is 33.1 Å². The van der Waals surface area contributed by atoms with Gasteiger partial charge in [0, 0.05) is 16.6 Å². The second-order valence-electron chi connectivity index (χ2n) is 6.01. The van der Waals surface area contributed by atoms with E-state index >= 15 is 0 Å². The van der Waals surface area contributed by atoms with Crippen molar-refractivity contribution in [2.24, 2.45) is 11.8 Å². The number of hydrogen-bond donors (Lipinski definition) is 1. The highest BCUT2D eigenvalue weighted by molar-refractivity contribution is 7.99. The summed E-state index contributed by atoms with van der Waals surface area (Å²) in [7, 11) is 0. The summed E-state index contributed by atoms with van der Waals surface area (Å²) < 4.78 is 37.2. The molecule has 1 N–H and O–H groups in total. The molecule has 0 heterocycles. The maximum atomic E-state index is 12.4. The maximum Gasteiger partial charge on any atom is 0.398 e. The normalized spacial score (nSPS) is 26.6. The van der Waals surface area contributed by atoms with Gasteiger partial charge in [0.05, 0.1) is 5.75 Å². The topological polar surface area (TPSA) is 12.0 Å².